The van der Waals surface area contributed by atoms with Crippen LogP contribution in [-0.2, 0) is 11.0 Å². The van der Waals surface area contributed by atoms with Gasteiger partial charge >= 0.3 is 12.8 Å². The van der Waals surface area contributed by atoms with E-state index in [0.29, 0.717) is 12.1 Å². The van der Waals surface area contributed by atoms with Crippen LogP contribution in [0.2, 0.25) is 0 Å². The SMILES string of the molecule is CC(C)(C)C(=O)/C(C#N)=C(\O)c1ccc(C(F)(F)F)cc1OC(F)F. The van der Waals surface area contributed by atoms with Crippen molar-refractivity contribution in [2.45, 2.75) is 33.6 Å². The molecule has 4 nitrogen and oxygen atoms in total. The third-order valence-electron chi connectivity index (χ3n) is 3.04. The Morgan fingerprint density at radius 3 is 2.20 bits per heavy atom. The number of aliphatic hydroxyl groups is 1. The van der Waals surface area contributed by atoms with Crippen molar-refractivity contribution in [3.63, 3.8) is 0 Å². The molecule has 0 saturated heterocycles. The highest BCUT2D eigenvalue weighted by Gasteiger charge is 2.33. The summed E-state index contributed by atoms with van der Waals surface area (Å²) in [4.78, 5) is 12.2. The standard InChI is InChI=1S/C16H14F5NO3/c1-15(2,3)13(24)10(7-22)12(23)9-5-4-8(16(19,20)21)6-11(9)25-14(17)18/h4-6,14,23H,1-3H3/b12-10-. The molecule has 0 aliphatic carbocycles. The average molecular weight is 363 g/mol. The van der Waals surface area contributed by atoms with Crippen molar-refractivity contribution in [1.29, 1.82) is 5.26 Å². The summed E-state index contributed by atoms with van der Waals surface area (Å²) in [7, 11) is 0. The number of nitriles is 1. The number of carbonyl (C=O) groups is 1. The van der Waals surface area contributed by atoms with Gasteiger partial charge in [0.1, 0.15) is 23.2 Å². The summed E-state index contributed by atoms with van der Waals surface area (Å²) in [6, 6.07) is 2.88. The largest absolute Gasteiger partial charge is 0.506 e. The van der Waals surface area contributed by atoms with E-state index in [9.17, 15) is 31.9 Å². The smallest absolute Gasteiger partial charge is 0.416 e. The molecule has 1 aromatic carbocycles. The zero-order valence-electron chi connectivity index (χ0n) is 13.4. The molecule has 0 fully saturated rings. The lowest BCUT2D eigenvalue weighted by Gasteiger charge is -2.18. The second-order valence-corrected chi connectivity index (χ2v) is 6.00. The van der Waals surface area contributed by atoms with E-state index in [4.69, 9.17) is 5.26 Å². The molecule has 0 bridgehead atoms. The predicted molar refractivity (Wildman–Crippen MR) is 77.7 cm³/mol. The van der Waals surface area contributed by atoms with E-state index in [1.807, 2.05) is 0 Å². The Labute approximate surface area is 140 Å². The van der Waals surface area contributed by atoms with E-state index in [2.05, 4.69) is 4.74 Å². The van der Waals surface area contributed by atoms with Crippen molar-refractivity contribution in [2.75, 3.05) is 0 Å². The van der Waals surface area contributed by atoms with E-state index >= 15 is 0 Å². The maximum atomic E-state index is 12.7. The number of halogens is 5. The van der Waals surface area contributed by atoms with Crippen molar-refractivity contribution >= 4 is 11.5 Å². The van der Waals surface area contributed by atoms with Gasteiger partial charge in [-0.15, -0.1) is 0 Å². The van der Waals surface area contributed by atoms with Crippen LogP contribution in [0.25, 0.3) is 5.76 Å². The minimum atomic E-state index is -4.84. The summed E-state index contributed by atoms with van der Waals surface area (Å²) in [6.07, 6.45) is -4.84. The molecule has 0 amide bonds. The molecule has 0 aliphatic heterocycles. The van der Waals surface area contributed by atoms with E-state index in [1.165, 1.54) is 26.8 Å². The Hall–Kier alpha value is -2.63. The van der Waals surface area contributed by atoms with Crippen molar-refractivity contribution in [3.8, 4) is 11.8 Å². The number of hydrogen-bond donors (Lipinski definition) is 1. The molecule has 0 spiro atoms. The summed E-state index contributed by atoms with van der Waals surface area (Å²) in [5, 5.41) is 19.2. The van der Waals surface area contributed by atoms with Gasteiger partial charge in [-0.1, -0.05) is 20.8 Å². The van der Waals surface area contributed by atoms with Crippen molar-refractivity contribution in [1.82, 2.24) is 0 Å². The number of alkyl halides is 5. The van der Waals surface area contributed by atoms with Gasteiger partial charge < -0.3 is 9.84 Å². The topological polar surface area (TPSA) is 70.3 Å². The minimum absolute atomic E-state index is 0.258. The lowest BCUT2D eigenvalue weighted by Crippen LogP contribution is -2.22. The average Bonchev–Trinajstić information content (AvgIpc) is 2.45. The first-order valence-electron chi connectivity index (χ1n) is 6.83. The summed E-state index contributed by atoms with van der Waals surface area (Å²) in [6.45, 7) is 0.870. The summed E-state index contributed by atoms with van der Waals surface area (Å²) in [5.74, 6) is -2.85. The molecule has 1 rings (SSSR count). The van der Waals surface area contributed by atoms with Gasteiger partial charge in [-0.25, -0.2) is 0 Å². The molecule has 0 aliphatic rings. The first kappa shape index (κ1) is 20.4. The van der Waals surface area contributed by atoms with Gasteiger partial charge in [-0.3, -0.25) is 4.79 Å². The van der Waals surface area contributed by atoms with Gasteiger partial charge in [-0.05, 0) is 18.2 Å². The van der Waals surface area contributed by atoms with Crippen LogP contribution in [0.15, 0.2) is 23.8 Å². The third kappa shape index (κ3) is 4.92. The number of ketones is 1. The van der Waals surface area contributed by atoms with E-state index in [0.717, 1.165) is 0 Å². The molecule has 1 aromatic rings. The molecule has 0 atom stereocenters. The van der Waals surface area contributed by atoms with Crippen LogP contribution in [0.5, 0.6) is 5.75 Å². The Balaban J connectivity index is 3.61. The van der Waals surface area contributed by atoms with Crippen LogP contribution >= 0.6 is 0 Å². The molecule has 0 saturated carbocycles. The van der Waals surface area contributed by atoms with Crippen molar-refractivity contribution < 1.29 is 36.6 Å². The highest BCUT2D eigenvalue weighted by molar-refractivity contribution is 6.08. The molecule has 25 heavy (non-hydrogen) atoms. The lowest BCUT2D eigenvalue weighted by molar-refractivity contribution is -0.138. The molecule has 136 valence electrons. The number of nitrogens with zero attached hydrogens (tertiary/aromatic N) is 1. The van der Waals surface area contributed by atoms with Crippen LogP contribution in [0.4, 0.5) is 22.0 Å². The third-order valence-corrected chi connectivity index (χ3v) is 3.04. The monoisotopic (exact) mass is 363 g/mol. The van der Waals surface area contributed by atoms with Gasteiger partial charge in [0.25, 0.3) is 0 Å². The van der Waals surface area contributed by atoms with Gasteiger partial charge in [0.2, 0.25) is 0 Å². The molecular formula is C16H14F5NO3. The fourth-order valence-electron chi connectivity index (χ4n) is 1.81. The van der Waals surface area contributed by atoms with Crippen LogP contribution < -0.4 is 4.74 Å². The molecule has 0 unspecified atom stereocenters. The second-order valence-electron chi connectivity index (χ2n) is 6.00. The Kier molecular flexibility index (Phi) is 5.79. The summed E-state index contributed by atoms with van der Waals surface area (Å²) in [5.41, 5.74) is -3.77. The number of aliphatic hydroxyl groups excluding tert-OH is 1. The summed E-state index contributed by atoms with van der Waals surface area (Å²) >= 11 is 0. The maximum Gasteiger partial charge on any atom is 0.416 e. The fourth-order valence-corrected chi connectivity index (χ4v) is 1.81. The first-order chi connectivity index (χ1) is 11.3. The van der Waals surface area contributed by atoms with Crippen LogP contribution in [0.1, 0.15) is 31.9 Å². The van der Waals surface area contributed by atoms with E-state index < -0.39 is 52.2 Å². The van der Waals surface area contributed by atoms with E-state index in [1.54, 1.807) is 0 Å². The Morgan fingerprint density at radius 2 is 1.80 bits per heavy atom. The second kappa shape index (κ2) is 7.09. The summed E-state index contributed by atoms with van der Waals surface area (Å²) < 4.78 is 67.2. The first-order valence-corrected chi connectivity index (χ1v) is 6.83. The maximum absolute atomic E-state index is 12.7. The van der Waals surface area contributed by atoms with Crippen molar-refractivity contribution in [3.05, 3.63) is 34.9 Å². The zero-order chi connectivity index (χ0) is 19.6. The molecule has 1 N–H and O–H groups in total. The number of hydrogen-bond acceptors (Lipinski definition) is 4. The number of rotatable bonds is 4. The van der Waals surface area contributed by atoms with Crippen molar-refractivity contribution in [2.24, 2.45) is 5.41 Å². The minimum Gasteiger partial charge on any atom is -0.506 e. The number of ether oxygens (including phenoxy) is 1. The van der Waals surface area contributed by atoms with Gasteiger partial charge in [-0.2, -0.15) is 27.2 Å². The highest BCUT2D eigenvalue weighted by atomic mass is 19.4. The quantitative estimate of drug-likeness (QED) is 0.364. The molecular weight excluding hydrogens is 349 g/mol. The number of Topliss-reactive ketones (excluding diaryl/α,β-unsaturated/α-hetero) is 1. The number of carbonyl (C=O) groups excluding carboxylic acids is 1. The Bertz CT molecular complexity index is 740. The van der Waals surface area contributed by atoms with Gasteiger partial charge in [0.05, 0.1) is 11.1 Å². The number of benzene rings is 1. The van der Waals surface area contributed by atoms with Gasteiger partial charge in [0.15, 0.2) is 5.78 Å². The predicted octanol–water partition coefficient (Wildman–Crippen LogP) is 4.71. The highest BCUT2D eigenvalue weighted by Crippen LogP contribution is 2.37. The van der Waals surface area contributed by atoms with Crippen LogP contribution in [0.3, 0.4) is 0 Å². The van der Waals surface area contributed by atoms with Crippen LogP contribution in [-0.4, -0.2) is 17.5 Å². The molecule has 9 heteroatoms. The molecule has 0 radical (unpaired) electrons. The Morgan fingerprint density at radius 1 is 1.24 bits per heavy atom. The molecule has 0 aromatic heterocycles. The molecule has 0 heterocycles. The van der Waals surface area contributed by atoms with E-state index in [-0.39, 0.29) is 6.07 Å². The fraction of sp³-hybridized carbons (Fsp3) is 0.375. The normalized spacial score (nSPS) is 13.3. The van der Waals surface area contributed by atoms with Crippen LogP contribution in [0, 0.1) is 16.7 Å². The lowest BCUT2D eigenvalue weighted by atomic mass is 9.85. The van der Waals surface area contributed by atoms with Gasteiger partial charge in [0, 0.05) is 5.41 Å². The zero-order valence-corrected chi connectivity index (χ0v) is 13.4. The number of allylic oxidation sites excluding steroid dienone is 1.